The Kier molecular flexibility index (Phi) is 8.16. The number of hydrogen-bond acceptors (Lipinski definition) is 8. The van der Waals surface area contributed by atoms with Gasteiger partial charge in [0.05, 0.1) is 19.2 Å². The first-order valence-corrected chi connectivity index (χ1v) is 10.2. The summed E-state index contributed by atoms with van der Waals surface area (Å²) in [7, 11) is 1.15. The lowest BCUT2D eigenvalue weighted by molar-refractivity contribution is -0.185. The molecule has 0 aromatic heterocycles. The monoisotopic (exact) mass is 431 g/mol. The zero-order valence-electron chi connectivity index (χ0n) is 17.7. The Bertz CT molecular complexity index is 834. The van der Waals surface area contributed by atoms with Gasteiger partial charge < -0.3 is 9.64 Å². The fourth-order valence-electron chi connectivity index (χ4n) is 2.41. The summed E-state index contributed by atoms with van der Waals surface area (Å²) in [5, 5.41) is 11.3. The number of rotatable bonds is 8. The predicted octanol–water partition coefficient (Wildman–Crippen LogP) is 1.25. The van der Waals surface area contributed by atoms with E-state index in [1.54, 1.807) is 51.9 Å². The molecule has 1 rings (SSSR count). The number of carbonyl (C=O) groups is 2. The number of benzene rings is 1. The van der Waals surface area contributed by atoms with Crippen molar-refractivity contribution in [3.8, 4) is 0 Å². The molecule has 0 saturated heterocycles. The largest absolute Gasteiger partial charge is 0.460 e. The molecule has 0 bridgehead atoms. The number of carbonyl (C=O) groups excluding carboxylic acids is 2. The van der Waals surface area contributed by atoms with E-state index in [2.05, 4.69) is 0 Å². The van der Waals surface area contributed by atoms with E-state index in [9.17, 15) is 23.2 Å². The van der Waals surface area contributed by atoms with Crippen LogP contribution in [0, 0.1) is 0 Å². The molecule has 29 heavy (non-hydrogen) atoms. The van der Waals surface area contributed by atoms with Crippen LogP contribution < -0.4 is 4.90 Å². The van der Waals surface area contributed by atoms with Gasteiger partial charge in [0, 0.05) is 21.1 Å². The highest BCUT2D eigenvalue weighted by Gasteiger charge is 2.40. The van der Waals surface area contributed by atoms with Gasteiger partial charge in [0.1, 0.15) is 16.5 Å². The van der Waals surface area contributed by atoms with Crippen molar-refractivity contribution in [2.45, 2.75) is 43.7 Å². The van der Waals surface area contributed by atoms with E-state index in [0.29, 0.717) is 5.69 Å². The van der Waals surface area contributed by atoms with E-state index in [1.807, 2.05) is 0 Å². The number of esters is 1. The predicted molar refractivity (Wildman–Crippen MR) is 106 cm³/mol. The van der Waals surface area contributed by atoms with Gasteiger partial charge in [-0.1, -0.05) is 16.6 Å². The van der Waals surface area contributed by atoms with Crippen molar-refractivity contribution in [1.82, 2.24) is 9.53 Å². The van der Waals surface area contributed by atoms with E-state index in [4.69, 9.17) is 9.57 Å². The third-order valence-electron chi connectivity index (χ3n) is 3.79. The maximum Gasteiger partial charge on any atom is 0.308 e. The number of hydroxylamine groups is 3. The van der Waals surface area contributed by atoms with Gasteiger partial charge in [-0.2, -0.15) is 0 Å². The first-order valence-electron chi connectivity index (χ1n) is 8.75. The highest BCUT2D eigenvalue weighted by atomic mass is 32.2. The summed E-state index contributed by atoms with van der Waals surface area (Å²) in [5.41, 5.74) is -0.552. The maximum atomic E-state index is 13.1. The van der Waals surface area contributed by atoms with Crippen LogP contribution in [0.5, 0.6) is 0 Å². The molecule has 1 aromatic rings. The minimum atomic E-state index is -4.55. The second-order valence-corrected chi connectivity index (χ2v) is 9.23. The molecule has 1 aromatic carbocycles. The lowest BCUT2D eigenvalue weighted by Gasteiger charge is -2.29. The molecule has 0 heterocycles. The zero-order valence-corrected chi connectivity index (χ0v) is 18.6. The zero-order chi connectivity index (χ0) is 22.6. The minimum absolute atomic E-state index is 0.114. The fourth-order valence-corrected chi connectivity index (χ4v) is 3.88. The molecule has 0 radical (unpaired) electrons. The number of likely N-dealkylation sites (N-methyl/N-ethyl adjacent to an activating group) is 1. The standard InChI is InChI=1S/C18H29N3O7S/c1-18(2,3)28-16(22)12-14(17(23)20(6)27-7)21(24)29(25,26)15-11-9-8-10-13(15)19(4)5/h8-11,14,24H,12H2,1-7H3/t14-/m0/s1. The van der Waals surface area contributed by atoms with Crippen LogP contribution in [-0.2, 0) is 29.2 Å². The van der Waals surface area contributed by atoms with Gasteiger partial charge in [0.25, 0.3) is 15.9 Å². The van der Waals surface area contributed by atoms with Crippen molar-refractivity contribution in [2.75, 3.05) is 33.2 Å². The van der Waals surface area contributed by atoms with Crippen molar-refractivity contribution in [2.24, 2.45) is 0 Å². The smallest absolute Gasteiger partial charge is 0.308 e. The SMILES string of the molecule is CON(C)C(=O)[C@H](CC(=O)OC(C)(C)C)N(O)S(=O)(=O)c1ccccc1N(C)C. The second-order valence-electron chi connectivity index (χ2n) is 7.46. The number of nitrogens with zero attached hydrogens (tertiary/aromatic N) is 3. The van der Waals surface area contributed by atoms with Crippen LogP contribution in [0.3, 0.4) is 0 Å². The van der Waals surface area contributed by atoms with Crippen molar-refractivity contribution in [1.29, 1.82) is 0 Å². The minimum Gasteiger partial charge on any atom is -0.460 e. The summed E-state index contributed by atoms with van der Waals surface area (Å²) in [6.07, 6.45) is -0.705. The Morgan fingerprint density at radius 1 is 1.14 bits per heavy atom. The van der Waals surface area contributed by atoms with Crippen LogP contribution in [0.1, 0.15) is 27.2 Å². The van der Waals surface area contributed by atoms with Gasteiger partial charge in [-0.15, -0.1) is 0 Å². The molecular formula is C18H29N3O7S. The molecule has 1 amide bonds. The molecule has 11 heteroatoms. The van der Waals surface area contributed by atoms with E-state index in [0.717, 1.165) is 5.06 Å². The molecule has 10 nitrogen and oxygen atoms in total. The topological polar surface area (TPSA) is 117 Å². The van der Waals surface area contributed by atoms with Gasteiger partial charge >= 0.3 is 5.97 Å². The maximum absolute atomic E-state index is 13.1. The molecule has 0 aliphatic rings. The van der Waals surface area contributed by atoms with Crippen molar-refractivity contribution >= 4 is 27.6 Å². The quantitative estimate of drug-likeness (QED) is 0.483. The summed E-state index contributed by atoms with van der Waals surface area (Å²) >= 11 is 0. The van der Waals surface area contributed by atoms with Crippen molar-refractivity contribution in [3.05, 3.63) is 24.3 Å². The number of para-hydroxylation sites is 1. The van der Waals surface area contributed by atoms with E-state index in [1.165, 1.54) is 26.3 Å². The number of ether oxygens (including phenoxy) is 1. The number of anilines is 1. The Morgan fingerprint density at radius 2 is 1.69 bits per heavy atom. The molecule has 0 fully saturated rings. The molecular weight excluding hydrogens is 402 g/mol. The lowest BCUT2D eigenvalue weighted by Crippen LogP contribution is -2.49. The second kappa shape index (κ2) is 9.53. The Balaban J connectivity index is 3.37. The van der Waals surface area contributed by atoms with Gasteiger partial charge in [-0.05, 0) is 32.9 Å². The van der Waals surface area contributed by atoms with E-state index >= 15 is 0 Å². The Labute approximate surface area is 171 Å². The summed E-state index contributed by atoms with van der Waals surface area (Å²) < 4.78 is 31.2. The average Bonchev–Trinajstić information content (AvgIpc) is 2.62. The van der Waals surface area contributed by atoms with Gasteiger partial charge in [-0.25, -0.2) is 13.5 Å². The van der Waals surface area contributed by atoms with Gasteiger partial charge in [0.2, 0.25) is 0 Å². The normalized spacial score (nSPS) is 13.1. The first kappa shape index (κ1) is 24.8. The van der Waals surface area contributed by atoms with Crippen LogP contribution in [0.4, 0.5) is 5.69 Å². The summed E-state index contributed by atoms with van der Waals surface area (Å²) in [4.78, 5) is 31.0. The molecule has 1 N–H and O–H groups in total. The average molecular weight is 432 g/mol. The summed E-state index contributed by atoms with van der Waals surface area (Å²) in [6, 6.07) is 4.18. The third-order valence-corrected chi connectivity index (χ3v) is 5.44. The number of sulfonamides is 1. The number of hydrogen-bond donors (Lipinski definition) is 1. The van der Waals surface area contributed by atoms with Crippen LogP contribution in [0.25, 0.3) is 0 Å². The number of amides is 1. The molecule has 0 aliphatic carbocycles. The van der Waals surface area contributed by atoms with Crippen LogP contribution in [-0.4, -0.2) is 74.9 Å². The highest BCUT2D eigenvalue weighted by Crippen LogP contribution is 2.28. The fraction of sp³-hybridized carbons (Fsp3) is 0.556. The van der Waals surface area contributed by atoms with E-state index in [-0.39, 0.29) is 9.36 Å². The highest BCUT2D eigenvalue weighted by molar-refractivity contribution is 7.89. The first-order chi connectivity index (χ1) is 13.2. The van der Waals surface area contributed by atoms with Gasteiger partial charge in [-0.3, -0.25) is 19.6 Å². The van der Waals surface area contributed by atoms with Crippen LogP contribution in [0.2, 0.25) is 0 Å². The van der Waals surface area contributed by atoms with Crippen LogP contribution in [0.15, 0.2) is 29.2 Å². The molecule has 1 atom stereocenters. The molecule has 0 spiro atoms. The summed E-state index contributed by atoms with van der Waals surface area (Å²) in [5.74, 6) is -1.79. The molecule has 164 valence electrons. The Morgan fingerprint density at radius 3 is 2.17 bits per heavy atom. The third kappa shape index (κ3) is 6.39. The van der Waals surface area contributed by atoms with Crippen molar-refractivity contribution < 1.29 is 32.8 Å². The molecule has 0 unspecified atom stereocenters. The molecule has 0 saturated carbocycles. The lowest BCUT2D eigenvalue weighted by atomic mass is 10.1. The van der Waals surface area contributed by atoms with E-state index < -0.39 is 40.0 Å². The Hall–Kier alpha value is -2.21. The van der Waals surface area contributed by atoms with Crippen LogP contribution >= 0.6 is 0 Å². The molecule has 0 aliphatic heterocycles. The van der Waals surface area contributed by atoms with Crippen molar-refractivity contribution in [3.63, 3.8) is 0 Å². The van der Waals surface area contributed by atoms with Gasteiger partial charge in [0.15, 0.2) is 0 Å². The summed E-state index contributed by atoms with van der Waals surface area (Å²) in [6.45, 7) is 4.89.